The quantitative estimate of drug-likeness (QED) is 0.166. The molecule has 4 aromatic heterocycles. The van der Waals surface area contributed by atoms with E-state index < -0.39 is 0 Å². The Labute approximate surface area is 331 Å². The Kier molecular flexibility index (Phi) is 10.6. The van der Waals surface area contributed by atoms with Crippen molar-refractivity contribution in [3.8, 4) is 33.6 Å². The fraction of sp³-hybridized carbons (Fsp3) is 0.255. The second kappa shape index (κ2) is 14.7. The first-order chi connectivity index (χ1) is 24.7. The van der Waals surface area contributed by atoms with Crippen molar-refractivity contribution in [2.24, 2.45) is 0 Å². The maximum atomic E-state index is 6.63. The van der Waals surface area contributed by atoms with Crippen LogP contribution in [0.5, 0.6) is 0 Å². The summed E-state index contributed by atoms with van der Waals surface area (Å²) < 4.78 is 7.78. The molecular weight excluding hydrogens is 847 g/mol. The number of thiazole rings is 1. The first kappa shape index (κ1) is 38.3. The fourth-order valence-electron chi connectivity index (χ4n) is 6.64. The van der Waals surface area contributed by atoms with Crippen molar-refractivity contribution in [1.29, 1.82) is 0 Å². The summed E-state index contributed by atoms with van der Waals surface area (Å²) in [6, 6.07) is 34.0. The van der Waals surface area contributed by atoms with E-state index >= 15 is 0 Å². The molecule has 0 bridgehead atoms. The first-order valence-electron chi connectivity index (χ1n) is 17.8. The van der Waals surface area contributed by atoms with Crippen molar-refractivity contribution in [3.05, 3.63) is 136 Å². The Morgan fingerprint density at radius 1 is 0.679 bits per heavy atom. The van der Waals surface area contributed by atoms with Gasteiger partial charge in [0.15, 0.2) is 0 Å². The summed E-state index contributed by atoms with van der Waals surface area (Å²) in [4.78, 5) is 14.4. The van der Waals surface area contributed by atoms with Crippen LogP contribution in [-0.2, 0) is 30.9 Å². The molecule has 1 radical (unpaired) electrons. The molecule has 0 amide bonds. The summed E-state index contributed by atoms with van der Waals surface area (Å²) in [7, 11) is 0. The Balaban J connectivity index is 0.000000269. The van der Waals surface area contributed by atoms with Gasteiger partial charge in [0.2, 0.25) is 0 Å². The Morgan fingerprint density at radius 3 is 2.02 bits per heavy atom. The number of hydrogen-bond donors (Lipinski definition) is 0. The number of hydrogen-bond acceptors (Lipinski definition) is 5. The molecule has 6 heteroatoms. The molecule has 271 valence electrons. The summed E-state index contributed by atoms with van der Waals surface area (Å²) in [5, 5.41) is 3.27. The molecule has 4 heterocycles. The van der Waals surface area contributed by atoms with E-state index in [1.54, 1.807) is 11.3 Å². The standard InChI is InChI=1S/C34H33N2OS.C13H12N.Ir/c1-19-11-9-12-20(2)28(19)24-18-35-26(17-25(24)33(3,4)5)23-14-10-13-21-22-15-16-27-29(31(22)37-30(21)23)36-32(38-27)34(6,7)8;1-10-3-6-12(7-4-10)13-8-5-11(2)9-14-13;/h9-13,15-18H,1-8H3;3-6,8-9H,1-2H3;/q2*-1;. The molecule has 0 spiro atoms. The third-order valence-corrected chi connectivity index (χ3v) is 10.9. The number of furan rings is 1. The van der Waals surface area contributed by atoms with Gasteiger partial charge in [-0.3, -0.25) is 0 Å². The molecule has 0 saturated heterocycles. The second-order valence-electron chi connectivity index (χ2n) is 15.9. The van der Waals surface area contributed by atoms with Crippen LogP contribution >= 0.6 is 11.3 Å². The molecular formula is C47H45IrN3OS-2. The molecule has 0 aliphatic carbocycles. The predicted octanol–water partition coefficient (Wildman–Crippen LogP) is 13.1. The number of fused-ring (bicyclic) bond motifs is 5. The number of rotatable bonds is 3. The van der Waals surface area contributed by atoms with Crippen LogP contribution in [0.15, 0.2) is 95.7 Å². The summed E-state index contributed by atoms with van der Waals surface area (Å²) in [6.45, 7) is 21.8. The number of pyridine rings is 2. The van der Waals surface area contributed by atoms with Crippen LogP contribution in [0.1, 0.15) is 74.4 Å². The zero-order chi connectivity index (χ0) is 36.9. The topological polar surface area (TPSA) is 51.8 Å². The zero-order valence-electron chi connectivity index (χ0n) is 32.2. The van der Waals surface area contributed by atoms with E-state index in [0.717, 1.165) is 59.7 Å². The van der Waals surface area contributed by atoms with Crippen LogP contribution in [0.25, 0.3) is 65.8 Å². The number of nitrogens with zero attached hydrogens (tertiary/aromatic N) is 3. The van der Waals surface area contributed by atoms with E-state index in [-0.39, 0.29) is 30.9 Å². The normalized spacial score (nSPS) is 11.8. The van der Waals surface area contributed by atoms with Gasteiger partial charge < -0.3 is 14.4 Å². The van der Waals surface area contributed by atoms with Gasteiger partial charge in [0.25, 0.3) is 0 Å². The van der Waals surface area contributed by atoms with Gasteiger partial charge in [-0.05, 0) is 71.5 Å². The average Bonchev–Trinajstić information content (AvgIpc) is 3.72. The third-order valence-electron chi connectivity index (χ3n) is 9.47. The molecule has 8 aromatic rings. The summed E-state index contributed by atoms with van der Waals surface area (Å²) in [5.41, 5.74) is 15.0. The van der Waals surface area contributed by atoms with E-state index in [9.17, 15) is 0 Å². The van der Waals surface area contributed by atoms with Crippen molar-refractivity contribution >= 4 is 43.5 Å². The van der Waals surface area contributed by atoms with Crippen LogP contribution in [0, 0.1) is 39.8 Å². The molecule has 0 saturated carbocycles. The van der Waals surface area contributed by atoms with E-state index in [1.807, 2.05) is 43.6 Å². The summed E-state index contributed by atoms with van der Waals surface area (Å²) in [6.07, 6.45) is 3.91. The fourth-order valence-corrected chi connectivity index (χ4v) is 7.66. The minimum atomic E-state index is -0.0698. The number of aromatic nitrogens is 3. The van der Waals surface area contributed by atoms with Crippen LogP contribution in [-0.4, -0.2) is 15.0 Å². The van der Waals surface area contributed by atoms with E-state index in [0.29, 0.717) is 0 Å². The van der Waals surface area contributed by atoms with Crippen molar-refractivity contribution in [2.45, 2.75) is 80.1 Å². The molecule has 8 rings (SSSR count). The van der Waals surface area contributed by atoms with Gasteiger partial charge in [0, 0.05) is 48.9 Å². The van der Waals surface area contributed by atoms with Crippen molar-refractivity contribution < 1.29 is 24.5 Å². The Hall–Kier alpha value is -4.48. The molecule has 53 heavy (non-hydrogen) atoms. The van der Waals surface area contributed by atoms with Gasteiger partial charge in [-0.2, -0.15) is 0 Å². The summed E-state index contributed by atoms with van der Waals surface area (Å²) in [5.74, 6) is 0. The average molecular weight is 892 g/mol. The molecule has 0 fully saturated rings. The first-order valence-corrected chi connectivity index (χ1v) is 18.7. The van der Waals surface area contributed by atoms with Crippen LogP contribution < -0.4 is 0 Å². The molecule has 0 unspecified atom stereocenters. The van der Waals surface area contributed by atoms with Crippen molar-refractivity contribution in [3.63, 3.8) is 0 Å². The molecule has 4 nitrogen and oxygen atoms in total. The minimum Gasteiger partial charge on any atom is -0.498 e. The van der Waals surface area contributed by atoms with Crippen molar-refractivity contribution in [2.75, 3.05) is 0 Å². The monoisotopic (exact) mass is 892 g/mol. The van der Waals surface area contributed by atoms with Crippen molar-refractivity contribution in [1.82, 2.24) is 15.0 Å². The van der Waals surface area contributed by atoms with E-state index in [2.05, 4.69) is 134 Å². The zero-order valence-corrected chi connectivity index (χ0v) is 35.4. The Morgan fingerprint density at radius 2 is 1.38 bits per heavy atom. The Bertz CT molecular complexity index is 2500. The number of aryl methyl sites for hydroxylation is 4. The van der Waals surface area contributed by atoms with E-state index in [4.69, 9.17) is 14.4 Å². The van der Waals surface area contributed by atoms with Gasteiger partial charge in [-0.25, -0.2) is 4.98 Å². The van der Waals surface area contributed by atoms with Crippen LogP contribution in [0.2, 0.25) is 0 Å². The number of benzene rings is 4. The summed E-state index contributed by atoms with van der Waals surface area (Å²) >= 11 is 1.74. The molecule has 0 N–H and O–H groups in total. The SMILES string of the molecule is Cc1c[c-]c(-c2ccc(C)cn2)cc1.Cc1cccc(C)c1-c1cnc(-c2[c-]ccc3c2oc2c3ccc3sc(C(C)(C)C)nc32)cc1C(C)(C)C.[Ir]. The minimum absolute atomic E-state index is 0. The van der Waals surface area contributed by atoms with Gasteiger partial charge >= 0.3 is 0 Å². The molecule has 0 aliphatic rings. The largest absolute Gasteiger partial charge is 0.498 e. The molecule has 4 aromatic carbocycles. The maximum Gasteiger partial charge on any atom is 0.148 e. The smallest absolute Gasteiger partial charge is 0.148 e. The van der Waals surface area contributed by atoms with Crippen LogP contribution in [0.4, 0.5) is 0 Å². The third kappa shape index (κ3) is 7.64. The van der Waals surface area contributed by atoms with Gasteiger partial charge in [-0.1, -0.05) is 102 Å². The molecule has 0 aliphatic heterocycles. The predicted molar refractivity (Wildman–Crippen MR) is 219 cm³/mol. The second-order valence-corrected chi connectivity index (χ2v) is 16.9. The van der Waals surface area contributed by atoms with Gasteiger partial charge in [0.05, 0.1) is 15.3 Å². The maximum absolute atomic E-state index is 6.63. The van der Waals surface area contributed by atoms with Gasteiger partial charge in [-0.15, -0.1) is 64.9 Å². The van der Waals surface area contributed by atoms with E-state index in [1.165, 1.54) is 38.9 Å². The van der Waals surface area contributed by atoms with Crippen LogP contribution in [0.3, 0.4) is 0 Å². The van der Waals surface area contributed by atoms with Gasteiger partial charge in [0.1, 0.15) is 11.1 Å². The molecule has 0 atom stereocenters.